The Morgan fingerprint density at radius 1 is 0.857 bits per heavy atom. The van der Waals surface area contributed by atoms with Gasteiger partial charge in [0.15, 0.2) is 0 Å². The molecule has 0 amide bonds. The van der Waals surface area contributed by atoms with Crippen LogP contribution in [0.1, 0.15) is 19.3 Å². The molecule has 1 rings (SSSR count). The van der Waals surface area contributed by atoms with Crippen LogP contribution >= 0.6 is 0 Å². The molecule has 0 atom stereocenters. The zero-order valence-corrected chi connectivity index (χ0v) is 4.61. The Hall–Kier alpha value is 0.0249. The third kappa shape index (κ3) is 2.69. The molecule has 2 heteroatoms. The molecule has 0 aromatic carbocycles. The van der Waals surface area contributed by atoms with E-state index in [9.17, 15) is 0 Å². The molecule has 3 radical (unpaired) electrons. The van der Waals surface area contributed by atoms with Crippen molar-refractivity contribution >= 4 is 8.41 Å². The first-order valence-corrected chi connectivity index (χ1v) is 2.71. The molecule has 39 valence electrons. The van der Waals surface area contributed by atoms with E-state index < -0.39 is 0 Å². The van der Waals surface area contributed by atoms with Gasteiger partial charge in [0, 0.05) is 8.41 Å². The lowest BCUT2D eigenvalue weighted by Gasteiger charge is -2.08. The molecular formula is C5H11BN. The number of nitrogens with one attached hydrogen (secondary N) is 1. The molecule has 1 heterocycles. The van der Waals surface area contributed by atoms with Gasteiger partial charge < -0.3 is 5.32 Å². The van der Waals surface area contributed by atoms with Crippen molar-refractivity contribution in [3.8, 4) is 0 Å². The summed E-state index contributed by atoms with van der Waals surface area (Å²) in [4.78, 5) is 0. The minimum atomic E-state index is 0. The van der Waals surface area contributed by atoms with Gasteiger partial charge in [-0.05, 0) is 25.9 Å². The van der Waals surface area contributed by atoms with Gasteiger partial charge in [0.25, 0.3) is 0 Å². The monoisotopic (exact) mass is 96.1 g/mol. The highest BCUT2D eigenvalue weighted by Crippen LogP contribution is 1.96. The molecule has 7 heavy (non-hydrogen) atoms. The van der Waals surface area contributed by atoms with E-state index >= 15 is 0 Å². The fourth-order valence-electron chi connectivity index (χ4n) is 0.802. The fraction of sp³-hybridized carbons (Fsp3) is 1.00. The zero-order chi connectivity index (χ0) is 4.24. The quantitative estimate of drug-likeness (QED) is 0.430. The van der Waals surface area contributed by atoms with Gasteiger partial charge in [-0.25, -0.2) is 0 Å². The van der Waals surface area contributed by atoms with Crippen LogP contribution in [-0.4, -0.2) is 21.5 Å². The highest BCUT2D eigenvalue weighted by atomic mass is 14.9. The highest BCUT2D eigenvalue weighted by Gasteiger charge is 1.93. The van der Waals surface area contributed by atoms with Gasteiger partial charge in [0.2, 0.25) is 0 Å². The topological polar surface area (TPSA) is 12.0 Å². The maximum absolute atomic E-state index is 3.28. The molecule has 1 saturated heterocycles. The number of hydrogen-bond acceptors (Lipinski definition) is 1. The Morgan fingerprint density at radius 3 is 1.57 bits per heavy atom. The number of hydrogen-bond donors (Lipinski definition) is 1. The summed E-state index contributed by atoms with van der Waals surface area (Å²) < 4.78 is 0. The van der Waals surface area contributed by atoms with Crippen LogP contribution < -0.4 is 5.32 Å². The average Bonchev–Trinajstić information content (AvgIpc) is 1.72. The highest BCUT2D eigenvalue weighted by molar-refractivity contribution is 5.75. The third-order valence-electron chi connectivity index (χ3n) is 1.21. The molecule has 1 aliphatic heterocycles. The van der Waals surface area contributed by atoms with Gasteiger partial charge in [0.05, 0.1) is 0 Å². The van der Waals surface area contributed by atoms with E-state index in [0.29, 0.717) is 0 Å². The molecule has 1 fully saturated rings. The third-order valence-corrected chi connectivity index (χ3v) is 1.21. The van der Waals surface area contributed by atoms with Crippen LogP contribution in [0.5, 0.6) is 0 Å². The van der Waals surface area contributed by atoms with Crippen molar-refractivity contribution in [3.05, 3.63) is 0 Å². The van der Waals surface area contributed by atoms with E-state index in [1.807, 2.05) is 0 Å². The second kappa shape index (κ2) is 4.19. The normalized spacial score (nSPS) is 20.6. The van der Waals surface area contributed by atoms with E-state index in [4.69, 9.17) is 0 Å². The van der Waals surface area contributed by atoms with Crippen molar-refractivity contribution < 1.29 is 0 Å². The SMILES string of the molecule is C1CCNCC1.[B]. The van der Waals surface area contributed by atoms with Crippen LogP contribution in [0.2, 0.25) is 0 Å². The molecule has 0 saturated carbocycles. The van der Waals surface area contributed by atoms with Crippen LogP contribution in [0, 0.1) is 0 Å². The standard InChI is InChI=1S/C5H11N.B/c1-2-4-6-5-3-1;/h6H,1-5H2;. The second-order valence-corrected chi connectivity index (χ2v) is 1.81. The lowest BCUT2D eigenvalue weighted by Crippen LogP contribution is -2.21. The summed E-state index contributed by atoms with van der Waals surface area (Å²) in [6.07, 6.45) is 4.22. The smallest absolute Gasteiger partial charge is 0 e. The summed E-state index contributed by atoms with van der Waals surface area (Å²) in [5.74, 6) is 0. The summed E-state index contributed by atoms with van der Waals surface area (Å²) in [6, 6.07) is 0. The van der Waals surface area contributed by atoms with Crippen LogP contribution in [0.15, 0.2) is 0 Å². The van der Waals surface area contributed by atoms with Crippen molar-refractivity contribution in [2.75, 3.05) is 13.1 Å². The van der Waals surface area contributed by atoms with E-state index in [1.165, 1.54) is 32.4 Å². The lowest BCUT2D eigenvalue weighted by molar-refractivity contribution is 0.520. The maximum Gasteiger partial charge on any atom is 0 e. The van der Waals surface area contributed by atoms with Crippen molar-refractivity contribution in [1.29, 1.82) is 0 Å². The minimum Gasteiger partial charge on any atom is -0.317 e. The molecule has 0 aromatic rings. The minimum absolute atomic E-state index is 0. The first-order chi connectivity index (χ1) is 3.00. The molecule has 0 bridgehead atoms. The van der Waals surface area contributed by atoms with Crippen molar-refractivity contribution in [2.45, 2.75) is 19.3 Å². The Bertz CT molecular complexity index is 23.6. The molecule has 0 unspecified atom stereocenters. The molecular weight excluding hydrogens is 84.9 g/mol. The molecule has 1 aliphatic rings. The first kappa shape index (κ1) is 7.02. The number of rotatable bonds is 0. The van der Waals surface area contributed by atoms with E-state index in [2.05, 4.69) is 5.32 Å². The van der Waals surface area contributed by atoms with E-state index in [-0.39, 0.29) is 8.41 Å². The predicted molar refractivity (Wildman–Crippen MR) is 32.5 cm³/mol. The van der Waals surface area contributed by atoms with Crippen molar-refractivity contribution in [3.63, 3.8) is 0 Å². The lowest BCUT2D eigenvalue weighted by atomic mass is 10.2. The molecule has 0 aromatic heterocycles. The average molecular weight is 96.0 g/mol. The number of piperidine rings is 1. The summed E-state index contributed by atoms with van der Waals surface area (Å²) in [7, 11) is 0. The van der Waals surface area contributed by atoms with Gasteiger partial charge in [-0.1, -0.05) is 6.42 Å². The zero-order valence-electron chi connectivity index (χ0n) is 4.61. The van der Waals surface area contributed by atoms with Crippen LogP contribution in [0.25, 0.3) is 0 Å². The Labute approximate surface area is 47.1 Å². The second-order valence-electron chi connectivity index (χ2n) is 1.81. The van der Waals surface area contributed by atoms with Gasteiger partial charge in [0.1, 0.15) is 0 Å². The Balaban J connectivity index is 0.000000360. The Morgan fingerprint density at radius 2 is 1.43 bits per heavy atom. The predicted octanol–water partition coefficient (Wildman–Crippen LogP) is 0.379. The van der Waals surface area contributed by atoms with Gasteiger partial charge in [-0.2, -0.15) is 0 Å². The molecule has 1 N–H and O–H groups in total. The summed E-state index contributed by atoms with van der Waals surface area (Å²) >= 11 is 0. The van der Waals surface area contributed by atoms with Crippen LogP contribution in [-0.2, 0) is 0 Å². The van der Waals surface area contributed by atoms with E-state index in [1.54, 1.807) is 0 Å². The molecule has 0 aliphatic carbocycles. The van der Waals surface area contributed by atoms with Crippen molar-refractivity contribution in [1.82, 2.24) is 5.32 Å². The first-order valence-electron chi connectivity index (χ1n) is 2.71. The van der Waals surface area contributed by atoms with Gasteiger partial charge in [-0.15, -0.1) is 0 Å². The fourth-order valence-corrected chi connectivity index (χ4v) is 0.802. The molecule has 0 spiro atoms. The summed E-state index contributed by atoms with van der Waals surface area (Å²) in [5.41, 5.74) is 0. The maximum atomic E-state index is 3.28. The Kier molecular flexibility index (Phi) is 4.21. The summed E-state index contributed by atoms with van der Waals surface area (Å²) in [5, 5.41) is 3.28. The molecule has 1 nitrogen and oxygen atoms in total. The van der Waals surface area contributed by atoms with E-state index in [0.717, 1.165) is 0 Å². The van der Waals surface area contributed by atoms with Gasteiger partial charge in [-0.3, -0.25) is 0 Å². The largest absolute Gasteiger partial charge is 0.317 e. The summed E-state index contributed by atoms with van der Waals surface area (Å²) in [6.45, 7) is 2.50. The van der Waals surface area contributed by atoms with Crippen LogP contribution in [0.3, 0.4) is 0 Å². The van der Waals surface area contributed by atoms with Crippen LogP contribution in [0.4, 0.5) is 0 Å². The van der Waals surface area contributed by atoms with Gasteiger partial charge >= 0.3 is 0 Å². The van der Waals surface area contributed by atoms with Crippen molar-refractivity contribution in [2.24, 2.45) is 0 Å².